The quantitative estimate of drug-likeness (QED) is 0.573. The summed E-state index contributed by atoms with van der Waals surface area (Å²) in [6.07, 6.45) is 2.28. The lowest BCUT2D eigenvalue weighted by molar-refractivity contribution is 0.210. The Labute approximate surface area is 62.2 Å². The molecule has 0 saturated carbocycles. The minimum Gasteiger partial charge on any atom is -0.300 e. The van der Waals surface area contributed by atoms with Gasteiger partial charge >= 0.3 is 0 Å². The van der Waals surface area contributed by atoms with Crippen LogP contribution in [0.2, 0.25) is 0 Å². The lowest BCUT2D eigenvalue weighted by atomic mass is 10.1. The monoisotopic (exact) mass is 145 g/mol. The second kappa shape index (κ2) is 3.33. The highest BCUT2D eigenvalue weighted by molar-refractivity contribution is 4.84. The normalized spacial score (nSPS) is 35.1. The van der Waals surface area contributed by atoms with Gasteiger partial charge in [0.05, 0.1) is 0 Å². The topological polar surface area (TPSA) is 3.24 Å². The molecule has 0 amide bonds. The summed E-state index contributed by atoms with van der Waals surface area (Å²) in [5, 5.41) is 0. The smallest absolute Gasteiger partial charge is 0.117 e. The standard InChI is InChI=1S/C8H16FN/c1-3-4-8-7(9)5-6-10(8)2/h7-8H,3-6H2,1-2H3. The molecule has 0 spiro atoms. The number of hydrogen-bond donors (Lipinski definition) is 0. The zero-order chi connectivity index (χ0) is 7.56. The van der Waals surface area contributed by atoms with Crippen LogP contribution in [0.3, 0.4) is 0 Å². The van der Waals surface area contributed by atoms with E-state index < -0.39 is 6.17 Å². The summed E-state index contributed by atoms with van der Waals surface area (Å²) in [4.78, 5) is 2.13. The van der Waals surface area contributed by atoms with E-state index in [1.165, 1.54) is 0 Å². The van der Waals surface area contributed by atoms with Crippen molar-refractivity contribution in [1.29, 1.82) is 0 Å². The largest absolute Gasteiger partial charge is 0.300 e. The van der Waals surface area contributed by atoms with Crippen LogP contribution in [0.5, 0.6) is 0 Å². The fraction of sp³-hybridized carbons (Fsp3) is 1.00. The molecule has 2 atom stereocenters. The molecule has 1 saturated heterocycles. The molecule has 0 N–H and O–H groups in total. The lowest BCUT2D eigenvalue weighted by Crippen LogP contribution is -2.29. The Kier molecular flexibility index (Phi) is 2.66. The van der Waals surface area contributed by atoms with Crippen LogP contribution in [0.1, 0.15) is 26.2 Å². The molecular formula is C8H16FN. The van der Waals surface area contributed by atoms with Gasteiger partial charge in [-0.25, -0.2) is 4.39 Å². The fourth-order valence-electron chi connectivity index (χ4n) is 1.66. The summed E-state index contributed by atoms with van der Waals surface area (Å²) >= 11 is 0. The molecule has 1 aliphatic rings. The zero-order valence-corrected chi connectivity index (χ0v) is 6.81. The van der Waals surface area contributed by atoms with E-state index in [4.69, 9.17) is 0 Å². The van der Waals surface area contributed by atoms with Gasteiger partial charge in [0, 0.05) is 12.6 Å². The fourth-order valence-corrected chi connectivity index (χ4v) is 1.66. The lowest BCUT2D eigenvalue weighted by Gasteiger charge is -2.19. The average Bonchev–Trinajstić information content (AvgIpc) is 2.20. The van der Waals surface area contributed by atoms with E-state index in [9.17, 15) is 4.39 Å². The van der Waals surface area contributed by atoms with E-state index in [2.05, 4.69) is 11.8 Å². The van der Waals surface area contributed by atoms with Crippen LogP contribution in [0.15, 0.2) is 0 Å². The Morgan fingerprint density at radius 2 is 2.30 bits per heavy atom. The van der Waals surface area contributed by atoms with Crippen molar-refractivity contribution in [3.63, 3.8) is 0 Å². The van der Waals surface area contributed by atoms with E-state index in [-0.39, 0.29) is 6.04 Å². The molecule has 0 aliphatic carbocycles. The molecule has 2 heteroatoms. The Morgan fingerprint density at radius 3 is 2.70 bits per heavy atom. The molecule has 0 aromatic heterocycles. The molecule has 0 aromatic carbocycles. The number of likely N-dealkylation sites (tertiary alicyclic amines) is 1. The van der Waals surface area contributed by atoms with Crippen LogP contribution >= 0.6 is 0 Å². The third-order valence-corrected chi connectivity index (χ3v) is 2.33. The summed E-state index contributed by atoms with van der Waals surface area (Å²) in [6, 6.07) is 0.213. The van der Waals surface area contributed by atoms with Gasteiger partial charge < -0.3 is 4.90 Å². The first-order valence-electron chi connectivity index (χ1n) is 4.10. The van der Waals surface area contributed by atoms with Gasteiger partial charge in [-0.3, -0.25) is 0 Å². The van der Waals surface area contributed by atoms with Gasteiger partial charge in [0.2, 0.25) is 0 Å². The molecule has 0 aromatic rings. The summed E-state index contributed by atoms with van der Waals surface area (Å²) in [5.41, 5.74) is 0. The molecule has 1 nitrogen and oxygen atoms in total. The minimum atomic E-state index is -0.565. The number of nitrogens with zero attached hydrogens (tertiary/aromatic N) is 1. The first-order valence-corrected chi connectivity index (χ1v) is 4.10. The Balaban J connectivity index is 2.38. The Morgan fingerprint density at radius 1 is 1.60 bits per heavy atom. The highest BCUT2D eigenvalue weighted by Crippen LogP contribution is 2.22. The van der Waals surface area contributed by atoms with Crippen LogP contribution in [0, 0.1) is 0 Å². The van der Waals surface area contributed by atoms with Crippen LogP contribution in [0.25, 0.3) is 0 Å². The average molecular weight is 145 g/mol. The first kappa shape index (κ1) is 7.99. The number of halogens is 1. The molecule has 10 heavy (non-hydrogen) atoms. The molecule has 2 unspecified atom stereocenters. The van der Waals surface area contributed by atoms with Crippen molar-refractivity contribution in [2.24, 2.45) is 0 Å². The number of alkyl halides is 1. The zero-order valence-electron chi connectivity index (χ0n) is 6.81. The maximum atomic E-state index is 13.0. The van der Waals surface area contributed by atoms with E-state index in [1.807, 2.05) is 7.05 Å². The molecule has 60 valence electrons. The molecule has 1 rings (SSSR count). The van der Waals surface area contributed by atoms with Crippen LogP contribution in [-0.2, 0) is 0 Å². The summed E-state index contributed by atoms with van der Waals surface area (Å²) in [5.74, 6) is 0. The van der Waals surface area contributed by atoms with Gasteiger partial charge in [-0.2, -0.15) is 0 Å². The minimum absolute atomic E-state index is 0.213. The van der Waals surface area contributed by atoms with Crippen molar-refractivity contribution in [2.45, 2.75) is 38.4 Å². The first-order chi connectivity index (χ1) is 4.75. The van der Waals surface area contributed by atoms with Crippen molar-refractivity contribution in [3.05, 3.63) is 0 Å². The van der Waals surface area contributed by atoms with E-state index >= 15 is 0 Å². The van der Waals surface area contributed by atoms with Gasteiger partial charge in [0.25, 0.3) is 0 Å². The Hall–Kier alpha value is -0.110. The van der Waals surface area contributed by atoms with Crippen LogP contribution < -0.4 is 0 Å². The summed E-state index contributed by atoms with van der Waals surface area (Å²) in [7, 11) is 2.01. The van der Waals surface area contributed by atoms with Gasteiger partial charge in [0.15, 0.2) is 0 Å². The third-order valence-electron chi connectivity index (χ3n) is 2.33. The van der Waals surface area contributed by atoms with E-state index in [1.54, 1.807) is 0 Å². The van der Waals surface area contributed by atoms with Gasteiger partial charge in [-0.1, -0.05) is 13.3 Å². The van der Waals surface area contributed by atoms with Gasteiger partial charge in [-0.15, -0.1) is 0 Å². The highest BCUT2D eigenvalue weighted by atomic mass is 19.1. The predicted molar refractivity (Wildman–Crippen MR) is 40.8 cm³/mol. The predicted octanol–water partition coefficient (Wildman–Crippen LogP) is 1.83. The number of rotatable bonds is 2. The number of hydrogen-bond acceptors (Lipinski definition) is 1. The third kappa shape index (κ3) is 1.48. The van der Waals surface area contributed by atoms with Gasteiger partial charge in [0.1, 0.15) is 6.17 Å². The summed E-state index contributed by atoms with van der Waals surface area (Å²) in [6.45, 7) is 3.05. The maximum Gasteiger partial charge on any atom is 0.117 e. The highest BCUT2D eigenvalue weighted by Gasteiger charge is 2.30. The van der Waals surface area contributed by atoms with E-state index in [0.717, 1.165) is 25.8 Å². The van der Waals surface area contributed by atoms with Crippen LogP contribution in [0.4, 0.5) is 4.39 Å². The molecule has 1 heterocycles. The molecular weight excluding hydrogens is 129 g/mol. The summed E-state index contributed by atoms with van der Waals surface area (Å²) < 4.78 is 13.0. The van der Waals surface area contributed by atoms with Gasteiger partial charge in [-0.05, 0) is 19.9 Å². The van der Waals surface area contributed by atoms with Crippen molar-refractivity contribution < 1.29 is 4.39 Å². The second-order valence-electron chi connectivity index (χ2n) is 3.14. The van der Waals surface area contributed by atoms with Crippen LogP contribution in [-0.4, -0.2) is 30.7 Å². The van der Waals surface area contributed by atoms with Crippen molar-refractivity contribution >= 4 is 0 Å². The SMILES string of the molecule is CCCC1C(F)CCN1C. The maximum absolute atomic E-state index is 13.0. The van der Waals surface area contributed by atoms with Crippen molar-refractivity contribution in [3.8, 4) is 0 Å². The molecule has 0 bridgehead atoms. The Bertz CT molecular complexity index is 95.4. The van der Waals surface area contributed by atoms with E-state index in [0.29, 0.717) is 0 Å². The van der Waals surface area contributed by atoms with Crippen molar-refractivity contribution in [2.75, 3.05) is 13.6 Å². The second-order valence-corrected chi connectivity index (χ2v) is 3.14. The molecule has 0 radical (unpaired) electrons. The van der Waals surface area contributed by atoms with Crippen molar-refractivity contribution in [1.82, 2.24) is 4.90 Å². The molecule has 1 aliphatic heterocycles. The molecule has 1 fully saturated rings.